The molecule has 0 unspecified atom stereocenters. The van der Waals surface area contributed by atoms with Gasteiger partial charge in [0.15, 0.2) is 11.3 Å². The van der Waals surface area contributed by atoms with Crippen molar-refractivity contribution in [3.05, 3.63) is 70.1 Å². The lowest BCUT2D eigenvalue weighted by molar-refractivity contribution is -0.383. The Balaban J connectivity index is 1.44. The zero-order valence-electron chi connectivity index (χ0n) is 20.4. The van der Waals surface area contributed by atoms with Gasteiger partial charge in [0.05, 0.1) is 27.7 Å². The first-order chi connectivity index (χ1) is 18.0. The van der Waals surface area contributed by atoms with Crippen molar-refractivity contribution in [2.45, 2.75) is 6.42 Å². The minimum absolute atomic E-state index is 0.0372. The van der Waals surface area contributed by atoms with Crippen LogP contribution in [0.15, 0.2) is 42.7 Å². The number of rotatable bonds is 9. The summed E-state index contributed by atoms with van der Waals surface area (Å²) in [5.41, 5.74) is 6.66. The molecule has 0 saturated carbocycles. The van der Waals surface area contributed by atoms with E-state index in [2.05, 4.69) is 25.9 Å². The molecule has 0 radical (unpaired) electrons. The Labute approximate surface area is 214 Å². The van der Waals surface area contributed by atoms with Crippen molar-refractivity contribution in [1.29, 1.82) is 5.41 Å². The first-order valence-corrected chi connectivity index (χ1v) is 11.2. The maximum Gasteiger partial charge on any atom is 0.297 e. The summed E-state index contributed by atoms with van der Waals surface area (Å²) in [5.74, 6) is -1.67. The number of nitrogens with one attached hydrogen (secondary N) is 5. The lowest BCUT2D eigenvalue weighted by atomic mass is 10.3. The molecule has 7 N–H and O–H groups in total. The van der Waals surface area contributed by atoms with Gasteiger partial charge in [0.2, 0.25) is 0 Å². The number of benzene rings is 1. The number of fused-ring (bicyclic) bond motifs is 1. The van der Waals surface area contributed by atoms with Gasteiger partial charge in [-0.05, 0) is 18.2 Å². The number of nitrogens with two attached hydrogens (primary N) is 1. The Hall–Kier alpha value is -5.47. The molecule has 3 heterocycles. The number of anilines is 2. The van der Waals surface area contributed by atoms with Crippen LogP contribution in [-0.2, 0) is 14.1 Å². The highest BCUT2D eigenvalue weighted by atomic mass is 16.6. The van der Waals surface area contributed by atoms with Crippen LogP contribution in [0.3, 0.4) is 0 Å². The minimum atomic E-state index is -0.642. The molecule has 0 saturated heterocycles. The van der Waals surface area contributed by atoms with Gasteiger partial charge < -0.3 is 35.8 Å². The number of aryl methyl sites for hydroxylation is 2. The second kappa shape index (κ2) is 10.3. The highest BCUT2D eigenvalue weighted by Gasteiger charge is 2.21. The van der Waals surface area contributed by atoms with E-state index in [4.69, 9.17) is 11.1 Å². The molecule has 0 aliphatic carbocycles. The molecule has 38 heavy (non-hydrogen) atoms. The molecule has 4 rings (SSSR count). The molecule has 4 aromatic rings. The van der Waals surface area contributed by atoms with Crippen molar-refractivity contribution < 1.29 is 19.3 Å². The first-order valence-electron chi connectivity index (χ1n) is 11.2. The third-order valence-electron chi connectivity index (χ3n) is 5.57. The number of aromatic nitrogens is 4. The van der Waals surface area contributed by atoms with E-state index in [1.54, 1.807) is 30.9 Å². The average Bonchev–Trinajstić information content (AvgIpc) is 3.54. The predicted octanol–water partition coefficient (Wildman–Crippen LogP) is 1.71. The number of carbonyl (C=O) groups excluding carboxylic acids is 3. The smallest absolute Gasteiger partial charge is 0.297 e. The molecule has 0 aliphatic rings. The zero-order valence-corrected chi connectivity index (χ0v) is 20.4. The van der Waals surface area contributed by atoms with Gasteiger partial charge in [-0.15, -0.1) is 0 Å². The Kier molecular flexibility index (Phi) is 6.91. The number of para-hydroxylation sites is 1. The van der Waals surface area contributed by atoms with Gasteiger partial charge in [-0.1, -0.05) is 6.07 Å². The maximum atomic E-state index is 12.9. The number of nitrogens with zero attached hydrogens (tertiary/aromatic N) is 4. The molecular formula is C23H24N10O5. The Morgan fingerprint density at radius 3 is 2.26 bits per heavy atom. The molecule has 196 valence electrons. The van der Waals surface area contributed by atoms with E-state index in [1.165, 1.54) is 35.0 Å². The summed E-state index contributed by atoms with van der Waals surface area (Å²) >= 11 is 0. The van der Waals surface area contributed by atoms with Gasteiger partial charge in [0, 0.05) is 45.5 Å². The molecule has 3 amide bonds. The molecule has 0 spiro atoms. The average molecular weight is 521 g/mol. The van der Waals surface area contributed by atoms with Crippen LogP contribution in [0.25, 0.3) is 11.0 Å². The van der Waals surface area contributed by atoms with Gasteiger partial charge in [0.1, 0.15) is 11.4 Å². The van der Waals surface area contributed by atoms with Crippen molar-refractivity contribution >= 4 is 51.7 Å². The van der Waals surface area contributed by atoms with Crippen molar-refractivity contribution in [1.82, 2.24) is 24.4 Å². The van der Waals surface area contributed by atoms with Crippen LogP contribution in [0, 0.1) is 15.5 Å². The number of amidine groups is 1. The monoisotopic (exact) mass is 520 g/mol. The lowest BCUT2D eigenvalue weighted by Crippen LogP contribution is -2.28. The van der Waals surface area contributed by atoms with E-state index in [-0.39, 0.29) is 47.4 Å². The van der Waals surface area contributed by atoms with Crippen LogP contribution >= 0.6 is 0 Å². The van der Waals surface area contributed by atoms with Crippen molar-refractivity contribution in [2.24, 2.45) is 19.8 Å². The van der Waals surface area contributed by atoms with Gasteiger partial charge >= 0.3 is 0 Å². The number of non-ortho nitro benzene ring substituents is 1. The molecular weight excluding hydrogens is 496 g/mol. The Morgan fingerprint density at radius 2 is 1.66 bits per heavy atom. The highest BCUT2D eigenvalue weighted by Crippen LogP contribution is 2.24. The quantitative estimate of drug-likeness (QED) is 0.0829. The number of nitro groups is 1. The van der Waals surface area contributed by atoms with E-state index < -0.39 is 16.7 Å². The molecule has 0 atom stereocenters. The first kappa shape index (κ1) is 25.6. The third-order valence-corrected chi connectivity index (χ3v) is 5.57. The zero-order chi connectivity index (χ0) is 27.6. The second-order valence-corrected chi connectivity index (χ2v) is 8.41. The highest BCUT2D eigenvalue weighted by molar-refractivity contribution is 6.07. The van der Waals surface area contributed by atoms with Crippen LogP contribution in [0.1, 0.15) is 38.0 Å². The summed E-state index contributed by atoms with van der Waals surface area (Å²) in [4.78, 5) is 55.4. The van der Waals surface area contributed by atoms with E-state index in [9.17, 15) is 24.5 Å². The summed E-state index contributed by atoms with van der Waals surface area (Å²) in [6.45, 7) is 0.212. The standard InChI is InChI=1S/C23H24N10O5/c1-31-10-12(8-16(31)21(34)26-7-6-18(24)25)27-22(35)17-9-13(11-32(17)2)28-23(36)20-29-14-4-3-5-15(33(37)38)19(14)30-20/h3-5,8-11H,6-7H2,1-2H3,(H3,24,25)(H,26,34)(H,27,35)(H,28,36)(H,29,30). The van der Waals surface area contributed by atoms with E-state index in [1.807, 2.05) is 0 Å². The fourth-order valence-corrected chi connectivity index (χ4v) is 3.78. The fraction of sp³-hybridized carbons (Fsp3) is 0.174. The number of nitro benzene ring substituents is 1. The number of imidazole rings is 1. The Morgan fingerprint density at radius 1 is 1.05 bits per heavy atom. The molecule has 0 aliphatic heterocycles. The van der Waals surface area contributed by atoms with Gasteiger partial charge in [-0.3, -0.25) is 29.9 Å². The number of aromatic amines is 1. The van der Waals surface area contributed by atoms with Crippen molar-refractivity contribution in [3.8, 4) is 0 Å². The molecule has 3 aromatic heterocycles. The topological polar surface area (TPSA) is 219 Å². The lowest BCUT2D eigenvalue weighted by Gasteiger charge is -2.04. The second-order valence-electron chi connectivity index (χ2n) is 8.41. The molecule has 0 fully saturated rings. The van der Waals surface area contributed by atoms with Crippen LogP contribution in [0.5, 0.6) is 0 Å². The number of H-pyrrole nitrogens is 1. The van der Waals surface area contributed by atoms with Crippen LogP contribution in [0.2, 0.25) is 0 Å². The molecule has 1 aromatic carbocycles. The SMILES string of the molecule is Cn1cc(NC(=O)c2cc(NC(=O)c3nc4c([N+](=O)[O-])cccc4[nH]3)cn2C)cc1C(=O)NCCC(=N)N. The normalized spacial score (nSPS) is 10.8. The molecule has 15 nitrogen and oxygen atoms in total. The van der Waals surface area contributed by atoms with Gasteiger partial charge in [0.25, 0.3) is 23.4 Å². The number of hydrogen-bond donors (Lipinski definition) is 6. The van der Waals surface area contributed by atoms with Gasteiger partial charge in [-0.2, -0.15) is 0 Å². The maximum absolute atomic E-state index is 12.9. The number of amides is 3. The van der Waals surface area contributed by atoms with E-state index in [0.29, 0.717) is 22.6 Å². The van der Waals surface area contributed by atoms with Crippen molar-refractivity contribution in [3.63, 3.8) is 0 Å². The van der Waals surface area contributed by atoms with Crippen LogP contribution in [0.4, 0.5) is 17.1 Å². The molecule has 15 heteroatoms. The fourth-order valence-electron chi connectivity index (χ4n) is 3.78. The van der Waals surface area contributed by atoms with Crippen LogP contribution in [-0.4, -0.2) is 54.1 Å². The summed E-state index contributed by atoms with van der Waals surface area (Å²) < 4.78 is 3.06. The van der Waals surface area contributed by atoms with E-state index in [0.717, 1.165) is 0 Å². The molecule has 0 bridgehead atoms. The Bertz CT molecular complexity index is 1600. The largest absolute Gasteiger partial charge is 0.388 e. The third kappa shape index (κ3) is 5.35. The summed E-state index contributed by atoms with van der Waals surface area (Å²) in [6, 6.07) is 7.31. The summed E-state index contributed by atoms with van der Waals surface area (Å²) in [6.07, 6.45) is 3.32. The summed E-state index contributed by atoms with van der Waals surface area (Å²) in [7, 11) is 3.27. The number of carbonyl (C=O) groups is 3. The summed E-state index contributed by atoms with van der Waals surface area (Å²) in [5, 5.41) is 26.4. The van der Waals surface area contributed by atoms with Crippen LogP contribution < -0.4 is 21.7 Å². The van der Waals surface area contributed by atoms with Gasteiger partial charge in [-0.25, -0.2) is 4.98 Å². The predicted molar refractivity (Wildman–Crippen MR) is 138 cm³/mol. The minimum Gasteiger partial charge on any atom is -0.388 e. The van der Waals surface area contributed by atoms with E-state index >= 15 is 0 Å². The van der Waals surface area contributed by atoms with Crippen molar-refractivity contribution in [2.75, 3.05) is 17.2 Å². The number of hydrogen-bond acceptors (Lipinski definition) is 7.